The van der Waals surface area contributed by atoms with Crippen LogP contribution in [-0.4, -0.2) is 30.9 Å². The maximum absolute atomic E-state index is 12.3. The first-order chi connectivity index (χ1) is 12.1. The van der Waals surface area contributed by atoms with E-state index in [1.807, 2.05) is 42.1 Å². The largest absolute Gasteiger partial charge is 0.497 e. The molecule has 1 heterocycles. The molecule has 0 aliphatic carbocycles. The standard InChI is InChI=1S/C19H19N3O3/c1-22-12-13(15-6-4-5-7-17(15)22)11-20-21-19(23)16-9-8-14(24-2)10-18(16)25-3/h4-12H,1-3H3,(H,21,23). The van der Waals surface area contributed by atoms with Gasteiger partial charge in [-0.2, -0.15) is 5.10 Å². The average molecular weight is 337 g/mol. The molecule has 0 bridgehead atoms. The Morgan fingerprint density at radius 2 is 1.96 bits per heavy atom. The third-order valence-electron chi connectivity index (χ3n) is 3.95. The molecule has 0 saturated carbocycles. The number of hydrogen-bond acceptors (Lipinski definition) is 4. The maximum Gasteiger partial charge on any atom is 0.275 e. The van der Waals surface area contributed by atoms with E-state index in [0.717, 1.165) is 16.5 Å². The maximum atomic E-state index is 12.3. The van der Waals surface area contributed by atoms with Crippen molar-refractivity contribution in [3.05, 3.63) is 59.8 Å². The number of hydrazone groups is 1. The molecule has 0 saturated heterocycles. The van der Waals surface area contributed by atoms with Gasteiger partial charge in [0, 0.05) is 35.8 Å². The fourth-order valence-electron chi connectivity index (χ4n) is 2.68. The molecular formula is C19H19N3O3. The van der Waals surface area contributed by atoms with E-state index < -0.39 is 0 Å². The number of methoxy groups -OCH3 is 2. The number of nitrogens with zero attached hydrogens (tertiary/aromatic N) is 2. The Morgan fingerprint density at radius 1 is 1.16 bits per heavy atom. The molecule has 25 heavy (non-hydrogen) atoms. The first kappa shape index (κ1) is 16.6. The summed E-state index contributed by atoms with van der Waals surface area (Å²) in [7, 11) is 5.04. The minimum Gasteiger partial charge on any atom is -0.497 e. The number of rotatable bonds is 5. The number of fused-ring (bicyclic) bond motifs is 1. The first-order valence-corrected chi connectivity index (χ1v) is 7.73. The summed E-state index contributed by atoms with van der Waals surface area (Å²) in [6.07, 6.45) is 3.60. The number of carbonyl (C=O) groups is 1. The van der Waals surface area contributed by atoms with Crippen molar-refractivity contribution in [2.24, 2.45) is 12.1 Å². The van der Waals surface area contributed by atoms with Gasteiger partial charge >= 0.3 is 0 Å². The van der Waals surface area contributed by atoms with Crippen molar-refractivity contribution in [1.82, 2.24) is 9.99 Å². The van der Waals surface area contributed by atoms with Crippen molar-refractivity contribution in [2.75, 3.05) is 14.2 Å². The Balaban J connectivity index is 1.79. The second-order valence-electron chi connectivity index (χ2n) is 5.48. The molecule has 0 radical (unpaired) electrons. The van der Waals surface area contributed by atoms with Gasteiger partial charge in [-0.05, 0) is 18.2 Å². The summed E-state index contributed by atoms with van der Waals surface area (Å²) in [6.45, 7) is 0. The number of nitrogens with one attached hydrogen (secondary N) is 1. The van der Waals surface area contributed by atoms with Gasteiger partial charge in [0.15, 0.2) is 0 Å². The first-order valence-electron chi connectivity index (χ1n) is 7.73. The van der Waals surface area contributed by atoms with Gasteiger partial charge in [-0.25, -0.2) is 5.43 Å². The third kappa shape index (κ3) is 3.33. The lowest BCUT2D eigenvalue weighted by atomic mass is 10.2. The highest BCUT2D eigenvalue weighted by molar-refractivity contribution is 6.01. The Bertz CT molecular complexity index is 944. The number of para-hydroxylation sites is 1. The van der Waals surface area contributed by atoms with Crippen LogP contribution in [0.5, 0.6) is 11.5 Å². The summed E-state index contributed by atoms with van der Waals surface area (Å²) < 4.78 is 12.4. The molecule has 128 valence electrons. The Labute approximate surface area is 145 Å². The molecule has 3 rings (SSSR count). The van der Waals surface area contributed by atoms with E-state index in [-0.39, 0.29) is 5.91 Å². The van der Waals surface area contributed by atoms with Gasteiger partial charge in [0.2, 0.25) is 0 Å². The minimum absolute atomic E-state index is 0.351. The molecule has 2 aromatic carbocycles. The van der Waals surface area contributed by atoms with Crippen molar-refractivity contribution >= 4 is 23.0 Å². The van der Waals surface area contributed by atoms with E-state index >= 15 is 0 Å². The molecule has 1 amide bonds. The molecule has 0 aliphatic rings. The second kappa shape index (κ2) is 7.09. The van der Waals surface area contributed by atoms with Gasteiger partial charge in [-0.1, -0.05) is 18.2 Å². The van der Waals surface area contributed by atoms with Crippen LogP contribution in [-0.2, 0) is 7.05 Å². The lowest BCUT2D eigenvalue weighted by Gasteiger charge is -2.08. The second-order valence-corrected chi connectivity index (χ2v) is 5.48. The van der Waals surface area contributed by atoms with E-state index in [9.17, 15) is 4.79 Å². The topological polar surface area (TPSA) is 64.8 Å². The number of carbonyl (C=O) groups excluding carboxylic acids is 1. The third-order valence-corrected chi connectivity index (χ3v) is 3.95. The SMILES string of the molecule is COc1ccc(C(=O)NN=Cc2cn(C)c3ccccc23)c(OC)c1. The summed E-state index contributed by atoms with van der Waals surface area (Å²) >= 11 is 0. The molecule has 6 nitrogen and oxygen atoms in total. The average Bonchev–Trinajstić information content (AvgIpc) is 2.97. The van der Waals surface area contributed by atoms with E-state index in [1.54, 1.807) is 31.5 Å². The summed E-state index contributed by atoms with van der Waals surface area (Å²) in [5, 5.41) is 5.15. The number of amides is 1. The minimum atomic E-state index is -0.351. The van der Waals surface area contributed by atoms with Gasteiger partial charge in [0.05, 0.1) is 26.0 Å². The van der Waals surface area contributed by atoms with Gasteiger partial charge in [0.25, 0.3) is 5.91 Å². The molecule has 0 atom stereocenters. The van der Waals surface area contributed by atoms with Crippen LogP contribution in [0.3, 0.4) is 0 Å². The van der Waals surface area contributed by atoms with Crippen molar-refractivity contribution in [1.29, 1.82) is 0 Å². The Morgan fingerprint density at radius 3 is 2.72 bits per heavy atom. The van der Waals surface area contributed by atoms with E-state index in [1.165, 1.54) is 7.11 Å². The highest BCUT2D eigenvalue weighted by Gasteiger charge is 2.12. The van der Waals surface area contributed by atoms with E-state index in [4.69, 9.17) is 9.47 Å². The van der Waals surface area contributed by atoms with Crippen LogP contribution < -0.4 is 14.9 Å². The van der Waals surface area contributed by atoms with Crippen LogP contribution in [0.1, 0.15) is 15.9 Å². The molecule has 0 fully saturated rings. The zero-order valence-electron chi connectivity index (χ0n) is 14.3. The number of ether oxygens (including phenoxy) is 2. The van der Waals surface area contributed by atoms with Crippen LogP contribution in [0.2, 0.25) is 0 Å². The Hall–Kier alpha value is -3.28. The van der Waals surface area contributed by atoms with Crippen molar-refractivity contribution in [3.8, 4) is 11.5 Å². The van der Waals surface area contributed by atoms with Gasteiger partial charge < -0.3 is 14.0 Å². The molecule has 1 aromatic heterocycles. The summed E-state index contributed by atoms with van der Waals surface area (Å²) in [5.74, 6) is 0.695. The van der Waals surface area contributed by atoms with Gasteiger partial charge in [-0.15, -0.1) is 0 Å². The zero-order chi connectivity index (χ0) is 17.8. The lowest BCUT2D eigenvalue weighted by molar-refractivity contribution is 0.0952. The molecule has 1 N–H and O–H groups in total. The molecule has 3 aromatic rings. The van der Waals surface area contributed by atoms with Gasteiger partial charge in [0.1, 0.15) is 11.5 Å². The molecule has 0 aliphatic heterocycles. The summed E-state index contributed by atoms with van der Waals surface area (Å²) in [5.41, 5.74) is 4.96. The highest BCUT2D eigenvalue weighted by Crippen LogP contribution is 2.24. The van der Waals surface area contributed by atoms with Gasteiger partial charge in [-0.3, -0.25) is 4.79 Å². The van der Waals surface area contributed by atoms with Crippen LogP contribution in [0.4, 0.5) is 0 Å². The molecule has 6 heteroatoms. The predicted molar refractivity (Wildman–Crippen MR) is 97.5 cm³/mol. The van der Waals surface area contributed by atoms with Crippen molar-refractivity contribution in [3.63, 3.8) is 0 Å². The fraction of sp³-hybridized carbons (Fsp3) is 0.158. The molecule has 0 unspecified atom stereocenters. The van der Waals surface area contributed by atoms with Crippen LogP contribution in [0.25, 0.3) is 10.9 Å². The van der Waals surface area contributed by atoms with Crippen molar-refractivity contribution in [2.45, 2.75) is 0 Å². The summed E-state index contributed by atoms with van der Waals surface area (Å²) in [6, 6.07) is 13.0. The summed E-state index contributed by atoms with van der Waals surface area (Å²) in [4.78, 5) is 12.3. The monoisotopic (exact) mass is 337 g/mol. The number of aromatic nitrogens is 1. The van der Waals surface area contributed by atoms with Crippen LogP contribution in [0.15, 0.2) is 53.8 Å². The molecule has 0 spiro atoms. The van der Waals surface area contributed by atoms with Crippen molar-refractivity contribution < 1.29 is 14.3 Å². The normalized spacial score (nSPS) is 11.0. The number of hydrogen-bond donors (Lipinski definition) is 1. The Kier molecular flexibility index (Phi) is 4.70. The predicted octanol–water partition coefficient (Wildman–Crippen LogP) is 2.96. The van der Waals surface area contributed by atoms with Crippen LogP contribution in [0, 0.1) is 0 Å². The lowest BCUT2D eigenvalue weighted by Crippen LogP contribution is -2.18. The van der Waals surface area contributed by atoms with E-state index in [2.05, 4.69) is 10.5 Å². The van der Waals surface area contributed by atoms with E-state index in [0.29, 0.717) is 17.1 Å². The smallest absolute Gasteiger partial charge is 0.275 e. The van der Waals surface area contributed by atoms with Crippen LogP contribution >= 0.6 is 0 Å². The zero-order valence-corrected chi connectivity index (χ0v) is 14.3. The molecular weight excluding hydrogens is 318 g/mol. The fourth-order valence-corrected chi connectivity index (χ4v) is 2.68. The number of aryl methyl sites for hydroxylation is 1. The highest BCUT2D eigenvalue weighted by atomic mass is 16.5. The number of benzene rings is 2. The quantitative estimate of drug-likeness (QED) is 0.575.